The average Bonchev–Trinajstić information content (AvgIpc) is 3.43. The monoisotopic (exact) mass is 497 g/mol. The zero-order valence-corrected chi connectivity index (χ0v) is 18.8. The zero-order chi connectivity index (χ0) is 20.6. The van der Waals surface area contributed by atoms with Crippen LogP contribution in [0.1, 0.15) is 49.7 Å². The van der Waals surface area contributed by atoms with Gasteiger partial charge in [0.15, 0.2) is 0 Å². The zero-order valence-electron chi connectivity index (χ0n) is 15.5. The summed E-state index contributed by atoms with van der Waals surface area (Å²) in [5.74, 6) is -0.970. The molecular weight excluding hydrogens is 478 g/mol. The maximum Gasteiger partial charge on any atom is 0.279 e. The molecule has 0 radical (unpaired) electrons. The van der Waals surface area contributed by atoms with Crippen LogP contribution in [0.25, 0.3) is 0 Å². The van der Waals surface area contributed by atoms with Crippen LogP contribution >= 0.6 is 27.3 Å². The molecule has 1 aromatic heterocycles. The van der Waals surface area contributed by atoms with Gasteiger partial charge < -0.3 is 0 Å². The Labute approximate surface area is 181 Å². The van der Waals surface area contributed by atoms with Gasteiger partial charge in [0.1, 0.15) is 0 Å². The van der Waals surface area contributed by atoms with Crippen molar-refractivity contribution in [3.05, 3.63) is 49.6 Å². The molecule has 0 bridgehead atoms. The number of halogens is 1. The minimum atomic E-state index is -3.64. The summed E-state index contributed by atoms with van der Waals surface area (Å²) in [6.07, 6.45) is 4.76. The molecule has 2 amide bonds. The number of sulfonamides is 1. The fraction of sp³-hybridized carbons (Fsp3) is 0.368. The third kappa shape index (κ3) is 4.11. The van der Waals surface area contributed by atoms with Crippen molar-refractivity contribution in [2.24, 2.45) is 0 Å². The van der Waals surface area contributed by atoms with Gasteiger partial charge >= 0.3 is 0 Å². The lowest BCUT2D eigenvalue weighted by atomic mass is 10.2. The summed E-state index contributed by atoms with van der Waals surface area (Å²) in [6.45, 7) is 0.974. The summed E-state index contributed by atoms with van der Waals surface area (Å²) in [6, 6.07) is 6.20. The minimum absolute atomic E-state index is 0.0637. The Morgan fingerprint density at radius 1 is 1.00 bits per heavy atom. The number of carbonyl (C=O) groups excluding carboxylic acids is 2. The second-order valence-corrected chi connectivity index (χ2v) is 11.0. The highest BCUT2D eigenvalue weighted by atomic mass is 79.9. The van der Waals surface area contributed by atoms with E-state index in [1.165, 1.54) is 44.3 Å². The summed E-state index contributed by atoms with van der Waals surface area (Å²) in [5, 5.41) is 0. The molecule has 1 aromatic carbocycles. The first-order valence-electron chi connectivity index (χ1n) is 9.38. The van der Waals surface area contributed by atoms with Crippen molar-refractivity contribution >= 4 is 49.1 Å². The number of nitrogens with zero attached hydrogens (tertiary/aromatic N) is 1. The van der Waals surface area contributed by atoms with Gasteiger partial charge in [0.2, 0.25) is 10.0 Å². The van der Waals surface area contributed by atoms with E-state index in [1.54, 1.807) is 0 Å². The number of nitrogens with one attached hydrogen (secondary N) is 2. The number of amides is 2. The van der Waals surface area contributed by atoms with Gasteiger partial charge in [-0.05, 0) is 77.9 Å². The van der Waals surface area contributed by atoms with Gasteiger partial charge in [-0.2, -0.15) is 4.31 Å². The van der Waals surface area contributed by atoms with Gasteiger partial charge in [0, 0.05) is 22.4 Å². The fourth-order valence-corrected chi connectivity index (χ4v) is 6.72. The average molecular weight is 498 g/mol. The molecule has 4 rings (SSSR count). The second kappa shape index (κ2) is 8.17. The number of hydrogen-bond acceptors (Lipinski definition) is 5. The maximum atomic E-state index is 12.8. The Kier molecular flexibility index (Phi) is 5.78. The molecule has 29 heavy (non-hydrogen) atoms. The van der Waals surface area contributed by atoms with Crippen LogP contribution in [-0.4, -0.2) is 37.6 Å². The number of benzene rings is 1. The van der Waals surface area contributed by atoms with E-state index in [0.29, 0.717) is 22.4 Å². The molecule has 0 spiro atoms. The van der Waals surface area contributed by atoms with Crippen molar-refractivity contribution in [3.63, 3.8) is 0 Å². The lowest BCUT2D eigenvalue weighted by Gasteiger charge is -2.16. The Morgan fingerprint density at radius 2 is 1.72 bits per heavy atom. The van der Waals surface area contributed by atoms with Gasteiger partial charge in [0.25, 0.3) is 11.8 Å². The molecule has 154 valence electrons. The van der Waals surface area contributed by atoms with E-state index in [2.05, 4.69) is 26.8 Å². The highest BCUT2D eigenvalue weighted by Gasteiger charge is 2.28. The molecule has 1 aliphatic heterocycles. The van der Waals surface area contributed by atoms with Crippen LogP contribution in [0.3, 0.4) is 0 Å². The van der Waals surface area contributed by atoms with Crippen LogP contribution in [0.15, 0.2) is 33.6 Å². The SMILES string of the molecule is O=C(NNC(=O)c1cc(S(=O)(=O)N2CCCC2)ccc1Br)c1cc2c(s1)CCC2. The largest absolute Gasteiger partial charge is 0.279 e. The van der Waals surface area contributed by atoms with Crippen LogP contribution in [0.2, 0.25) is 0 Å². The molecule has 1 aliphatic carbocycles. The summed E-state index contributed by atoms with van der Waals surface area (Å²) < 4.78 is 27.4. The van der Waals surface area contributed by atoms with E-state index in [1.807, 2.05) is 6.07 Å². The molecular formula is C19H20BrN3O4S2. The normalized spacial score (nSPS) is 16.6. The highest BCUT2D eigenvalue weighted by molar-refractivity contribution is 9.10. The predicted molar refractivity (Wildman–Crippen MR) is 113 cm³/mol. The van der Waals surface area contributed by atoms with Crippen LogP contribution in [0.4, 0.5) is 0 Å². The van der Waals surface area contributed by atoms with Crippen molar-refractivity contribution in [2.75, 3.05) is 13.1 Å². The lowest BCUT2D eigenvalue weighted by Crippen LogP contribution is -2.41. The van der Waals surface area contributed by atoms with Crippen LogP contribution < -0.4 is 10.9 Å². The van der Waals surface area contributed by atoms with E-state index in [9.17, 15) is 18.0 Å². The molecule has 0 unspecified atom stereocenters. The Balaban J connectivity index is 1.47. The second-order valence-electron chi connectivity index (χ2n) is 7.07. The summed E-state index contributed by atoms with van der Waals surface area (Å²) >= 11 is 4.73. The molecule has 2 aromatic rings. The number of thiophene rings is 1. The van der Waals surface area contributed by atoms with Crippen LogP contribution in [0, 0.1) is 0 Å². The number of fused-ring (bicyclic) bond motifs is 1. The van der Waals surface area contributed by atoms with Crippen molar-refractivity contribution in [1.82, 2.24) is 15.2 Å². The number of hydrogen-bond donors (Lipinski definition) is 2. The predicted octanol–water partition coefficient (Wildman–Crippen LogP) is 2.86. The van der Waals surface area contributed by atoms with Crippen molar-refractivity contribution in [2.45, 2.75) is 37.0 Å². The third-order valence-corrected chi connectivity index (χ3v) is 8.97. The summed E-state index contributed by atoms with van der Waals surface area (Å²) in [5.41, 5.74) is 6.14. The smallest absolute Gasteiger partial charge is 0.267 e. The Morgan fingerprint density at radius 3 is 2.45 bits per heavy atom. The number of rotatable bonds is 4. The van der Waals surface area contributed by atoms with E-state index in [4.69, 9.17) is 0 Å². The first-order chi connectivity index (χ1) is 13.9. The molecule has 1 saturated heterocycles. The Bertz CT molecular complexity index is 1050. The van der Waals surface area contributed by atoms with Gasteiger partial charge in [-0.15, -0.1) is 11.3 Å². The molecule has 0 atom stereocenters. The topological polar surface area (TPSA) is 95.6 Å². The van der Waals surface area contributed by atoms with Crippen LogP contribution in [0.5, 0.6) is 0 Å². The van der Waals surface area contributed by atoms with E-state index < -0.39 is 15.9 Å². The van der Waals surface area contributed by atoms with E-state index >= 15 is 0 Å². The van der Waals surface area contributed by atoms with Crippen molar-refractivity contribution in [3.8, 4) is 0 Å². The van der Waals surface area contributed by atoms with Gasteiger partial charge in [-0.25, -0.2) is 8.42 Å². The van der Waals surface area contributed by atoms with Gasteiger partial charge in [-0.3, -0.25) is 20.4 Å². The molecule has 1 fully saturated rings. The molecule has 2 heterocycles. The quantitative estimate of drug-likeness (QED) is 0.634. The standard InChI is InChI=1S/C19H20BrN3O4S2/c20-15-7-6-13(29(26,27)23-8-1-2-9-23)11-14(15)18(24)21-22-19(25)17-10-12-4-3-5-16(12)28-17/h6-7,10-11H,1-5,8-9H2,(H,21,24)(H,22,25). The molecule has 0 saturated carbocycles. The van der Waals surface area contributed by atoms with Crippen LogP contribution in [-0.2, 0) is 22.9 Å². The first-order valence-corrected chi connectivity index (χ1v) is 12.4. The fourth-order valence-electron chi connectivity index (χ4n) is 3.60. The number of carbonyl (C=O) groups is 2. The number of aryl methyl sites for hydroxylation is 2. The molecule has 7 nitrogen and oxygen atoms in total. The van der Waals surface area contributed by atoms with Crippen molar-refractivity contribution in [1.29, 1.82) is 0 Å². The molecule has 2 N–H and O–H groups in total. The Hall–Kier alpha value is -1.75. The maximum absolute atomic E-state index is 12.8. The highest BCUT2D eigenvalue weighted by Crippen LogP contribution is 2.30. The first kappa shape index (κ1) is 20.5. The summed E-state index contributed by atoms with van der Waals surface area (Å²) in [4.78, 5) is 26.8. The molecule has 2 aliphatic rings. The van der Waals surface area contributed by atoms with Crippen molar-refractivity contribution < 1.29 is 18.0 Å². The third-order valence-electron chi connectivity index (χ3n) is 5.15. The minimum Gasteiger partial charge on any atom is -0.267 e. The van der Waals surface area contributed by atoms with Gasteiger partial charge in [0.05, 0.1) is 15.3 Å². The lowest BCUT2D eigenvalue weighted by molar-refractivity contribution is 0.0848. The van der Waals surface area contributed by atoms with Gasteiger partial charge in [-0.1, -0.05) is 0 Å². The van der Waals surface area contributed by atoms with E-state index in [0.717, 1.165) is 32.1 Å². The molecule has 10 heteroatoms. The van der Waals surface area contributed by atoms with E-state index in [-0.39, 0.29) is 16.4 Å². The number of hydrazine groups is 1. The summed E-state index contributed by atoms with van der Waals surface area (Å²) in [7, 11) is -3.64.